The van der Waals surface area contributed by atoms with E-state index in [1.807, 2.05) is 38.1 Å². The lowest BCUT2D eigenvalue weighted by Crippen LogP contribution is -2.29. The summed E-state index contributed by atoms with van der Waals surface area (Å²) in [6.45, 7) is 4.06. The van der Waals surface area contributed by atoms with Crippen LogP contribution < -0.4 is 10.6 Å². The predicted octanol–water partition coefficient (Wildman–Crippen LogP) is 5.41. The molecule has 0 bridgehead atoms. The van der Waals surface area contributed by atoms with Crippen LogP contribution in [0.5, 0.6) is 0 Å². The molecule has 2 aromatic rings. The maximum Gasteiger partial charge on any atom is 0.269 e. The van der Waals surface area contributed by atoms with Crippen LogP contribution in [0.4, 0.5) is 17.1 Å². The Bertz CT molecular complexity index is 966. The van der Waals surface area contributed by atoms with Crippen molar-refractivity contribution in [1.29, 1.82) is 0 Å². The van der Waals surface area contributed by atoms with Crippen molar-refractivity contribution in [3.63, 3.8) is 0 Å². The number of benzene rings is 2. The predicted molar refractivity (Wildman–Crippen MR) is 114 cm³/mol. The van der Waals surface area contributed by atoms with Crippen molar-refractivity contribution in [2.24, 2.45) is 11.8 Å². The molecule has 0 radical (unpaired) electrons. The molecule has 2 aliphatic rings. The third-order valence-corrected chi connectivity index (χ3v) is 5.70. The molecule has 29 heavy (non-hydrogen) atoms. The van der Waals surface area contributed by atoms with Crippen LogP contribution in [0.2, 0.25) is 0 Å². The molecule has 1 aliphatic heterocycles. The van der Waals surface area contributed by atoms with Crippen LogP contribution >= 0.6 is 0 Å². The van der Waals surface area contributed by atoms with E-state index in [4.69, 9.17) is 0 Å². The minimum absolute atomic E-state index is 0.0333. The number of nitro benzene ring substituents is 1. The fourth-order valence-corrected chi connectivity index (χ4v) is 4.39. The van der Waals surface area contributed by atoms with Gasteiger partial charge in [-0.2, -0.15) is 0 Å². The first-order valence-electron chi connectivity index (χ1n) is 10.0. The first-order valence-corrected chi connectivity index (χ1v) is 10.0. The van der Waals surface area contributed by atoms with Gasteiger partial charge in [-0.1, -0.05) is 38.1 Å². The Balaban J connectivity index is 1.60. The number of carbonyl (C=O) groups is 1. The molecule has 2 aromatic carbocycles. The average Bonchev–Trinajstić information content (AvgIpc) is 3.17. The molecule has 3 atom stereocenters. The number of fused-ring (bicyclic) bond motifs is 3. The number of nitro groups is 1. The van der Waals surface area contributed by atoms with Gasteiger partial charge in [0.1, 0.15) is 0 Å². The second-order valence-corrected chi connectivity index (χ2v) is 8.27. The number of hydrogen-bond donors (Lipinski definition) is 2. The number of anilines is 2. The lowest BCUT2D eigenvalue weighted by atomic mass is 9.77. The lowest BCUT2D eigenvalue weighted by Gasteiger charge is -2.37. The SMILES string of the molecule is CC(C)CC(=O)Nc1ccc2c(c1)C1C=CCC1C(c1ccc([N+](=O)[O-])cc1)N2. The summed E-state index contributed by atoms with van der Waals surface area (Å²) >= 11 is 0. The maximum atomic E-state index is 12.1. The summed E-state index contributed by atoms with van der Waals surface area (Å²) in [4.78, 5) is 22.7. The Hall–Kier alpha value is -3.15. The summed E-state index contributed by atoms with van der Waals surface area (Å²) in [7, 11) is 0. The van der Waals surface area contributed by atoms with Crippen molar-refractivity contribution in [3.05, 3.63) is 75.9 Å². The number of rotatable bonds is 5. The van der Waals surface area contributed by atoms with Crippen LogP contribution in [0.15, 0.2) is 54.6 Å². The summed E-state index contributed by atoms with van der Waals surface area (Å²) in [6, 6.07) is 12.9. The quantitative estimate of drug-likeness (QED) is 0.406. The number of hydrogen-bond acceptors (Lipinski definition) is 4. The van der Waals surface area contributed by atoms with E-state index in [9.17, 15) is 14.9 Å². The van der Waals surface area contributed by atoms with Crippen molar-refractivity contribution >= 4 is 23.0 Å². The Morgan fingerprint density at radius 2 is 2.00 bits per heavy atom. The molecule has 6 nitrogen and oxygen atoms in total. The largest absolute Gasteiger partial charge is 0.378 e. The molecule has 1 amide bonds. The van der Waals surface area contributed by atoms with Gasteiger partial charge in [0.25, 0.3) is 5.69 Å². The third-order valence-electron chi connectivity index (χ3n) is 5.70. The Morgan fingerprint density at radius 3 is 2.69 bits per heavy atom. The van der Waals surface area contributed by atoms with Gasteiger partial charge in [-0.15, -0.1) is 0 Å². The lowest BCUT2D eigenvalue weighted by molar-refractivity contribution is -0.384. The van der Waals surface area contributed by atoms with E-state index in [1.54, 1.807) is 12.1 Å². The molecule has 0 saturated carbocycles. The molecule has 2 N–H and O–H groups in total. The van der Waals surface area contributed by atoms with E-state index in [1.165, 1.54) is 5.56 Å². The number of nitrogens with zero attached hydrogens (tertiary/aromatic N) is 1. The summed E-state index contributed by atoms with van der Waals surface area (Å²) in [6.07, 6.45) is 5.89. The van der Waals surface area contributed by atoms with Gasteiger partial charge in [-0.3, -0.25) is 14.9 Å². The highest BCUT2D eigenvalue weighted by atomic mass is 16.6. The smallest absolute Gasteiger partial charge is 0.269 e. The normalized spacial score (nSPS) is 22.0. The van der Waals surface area contributed by atoms with Crippen LogP contribution in [-0.2, 0) is 4.79 Å². The highest BCUT2D eigenvalue weighted by Crippen LogP contribution is 2.50. The van der Waals surface area contributed by atoms with E-state index in [-0.39, 0.29) is 28.5 Å². The fraction of sp³-hybridized carbons (Fsp3) is 0.348. The standard InChI is InChI=1S/C23H25N3O3/c1-14(2)12-22(27)24-16-8-11-21-20(13-16)18-4-3-5-19(18)23(25-21)15-6-9-17(10-7-15)26(28)29/h3-4,6-11,13-14,18-19,23,25H,5,12H2,1-2H3,(H,24,27). The molecule has 0 spiro atoms. The zero-order chi connectivity index (χ0) is 20.5. The number of nitrogens with one attached hydrogen (secondary N) is 2. The number of carbonyl (C=O) groups excluding carboxylic acids is 1. The molecule has 0 fully saturated rings. The van der Waals surface area contributed by atoms with Crippen molar-refractivity contribution in [2.75, 3.05) is 10.6 Å². The summed E-state index contributed by atoms with van der Waals surface area (Å²) in [5.41, 5.74) is 4.21. The van der Waals surface area contributed by atoms with Crippen molar-refractivity contribution in [2.45, 2.75) is 38.6 Å². The summed E-state index contributed by atoms with van der Waals surface area (Å²) < 4.78 is 0. The minimum Gasteiger partial charge on any atom is -0.378 e. The van der Waals surface area contributed by atoms with Gasteiger partial charge in [0.05, 0.1) is 11.0 Å². The maximum absolute atomic E-state index is 12.1. The summed E-state index contributed by atoms with van der Waals surface area (Å²) in [5, 5.41) is 17.6. The van der Waals surface area contributed by atoms with Crippen LogP contribution in [0, 0.1) is 22.0 Å². The Kier molecular flexibility index (Phi) is 5.09. The van der Waals surface area contributed by atoms with Gasteiger partial charge in [0.15, 0.2) is 0 Å². The van der Waals surface area contributed by atoms with Gasteiger partial charge in [0, 0.05) is 35.8 Å². The van der Waals surface area contributed by atoms with Crippen LogP contribution in [-0.4, -0.2) is 10.8 Å². The number of allylic oxidation sites excluding steroid dienone is 2. The van der Waals surface area contributed by atoms with Gasteiger partial charge in [-0.05, 0) is 47.6 Å². The second-order valence-electron chi connectivity index (χ2n) is 8.27. The molecular weight excluding hydrogens is 366 g/mol. The van der Waals surface area contributed by atoms with Gasteiger partial charge in [0.2, 0.25) is 5.91 Å². The Morgan fingerprint density at radius 1 is 1.24 bits per heavy atom. The topological polar surface area (TPSA) is 84.3 Å². The third kappa shape index (κ3) is 3.88. The van der Waals surface area contributed by atoms with E-state index in [0.29, 0.717) is 18.3 Å². The van der Waals surface area contributed by atoms with Crippen molar-refractivity contribution < 1.29 is 9.72 Å². The molecule has 1 aliphatic carbocycles. The highest BCUT2D eigenvalue weighted by Gasteiger charge is 2.38. The first-order chi connectivity index (χ1) is 13.9. The molecule has 150 valence electrons. The molecule has 0 saturated heterocycles. The van der Waals surface area contributed by atoms with Crippen molar-refractivity contribution in [3.8, 4) is 0 Å². The molecule has 0 aromatic heterocycles. The van der Waals surface area contributed by atoms with Crippen molar-refractivity contribution in [1.82, 2.24) is 0 Å². The number of non-ortho nitro benzene ring substituents is 1. The van der Waals surface area contributed by atoms with E-state index in [0.717, 1.165) is 23.4 Å². The van der Waals surface area contributed by atoms with E-state index < -0.39 is 0 Å². The second kappa shape index (κ2) is 7.70. The minimum atomic E-state index is -0.373. The van der Waals surface area contributed by atoms with Crippen LogP contribution in [0.3, 0.4) is 0 Å². The first kappa shape index (κ1) is 19.2. The number of amides is 1. The molecule has 1 heterocycles. The van der Waals surface area contributed by atoms with Crippen LogP contribution in [0.1, 0.15) is 49.8 Å². The monoisotopic (exact) mass is 391 g/mol. The van der Waals surface area contributed by atoms with Crippen LogP contribution in [0.25, 0.3) is 0 Å². The van der Waals surface area contributed by atoms with Gasteiger partial charge in [-0.25, -0.2) is 0 Å². The Labute approximate surface area is 170 Å². The molecule has 3 unspecified atom stereocenters. The molecule has 6 heteroatoms. The average molecular weight is 391 g/mol. The van der Waals surface area contributed by atoms with E-state index in [2.05, 4.69) is 28.9 Å². The molecular formula is C23H25N3O3. The highest BCUT2D eigenvalue weighted by molar-refractivity contribution is 5.91. The summed E-state index contributed by atoms with van der Waals surface area (Å²) in [5.74, 6) is 0.948. The fourth-order valence-electron chi connectivity index (χ4n) is 4.39. The van der Waals surface area contributed by atoms with E-state index >= 15 is 0 Å². The zero-order valence-electron chi connectivity index (χ0n) is 16.6. The molecule has 4 rings (SSSR count). The zero-order valence-corrected chi connectivity index (χ0v) is 16.6. The van der Waals surface area contributed by atoms with Gasteiger partial charge < -0.3 is 10.6 Å². The van der Waals surface area contributed by atoms with Gasteiger partial charge >= 0.3 is 0 Å².